The van der Waals surface area contributed by atoms with Crippen molar-refractivity contribution in [3.63, 3.8) is 0 Å². The average Bonchev–Trinajstić information content (AvgIpc) is 2.87. The standard InChI is InChI=1S/C13H22N4O3S/c1-6-9(3)11-14-12(21-8-10(18)20-7-2)17(15-11)13(19)16(4)5/h9H,6-8H2,1-5H3. The van der Waals surface area contributed by atoms with Gasteiger partial charge in [0, 0.05) is 20.0 Å². The molecule has 0 saturated heterocycles. The van der Waals surface area contributed by atoms with Crippen molar-refractivity contribution in [2.75, 3.05) is 26.5 Å². The number of hydrogen-bond acceptors (Lipinski definition) is 6. The third-order valence-electron chi connectivity index (χ3n) is 2.84. The highest BCUT2D eigenvalue weighted by atomic mass is 32.2. The summed E-state index contributed by atoms with van der Waals surface area (Å²) >= 11 is 1.16. The van der Waals surface area contributed by atoms with Crippen LogP contribution < -0.4 is 0 Å². The lowest BCUT2D eigenvalue weighted by molar-refractivity contribution is -0.139. The highest BCUT2D eigenvalue weighted by Crippen LogP contribution is 2.21. The molecule has 7 nitrogen and oxygen atoms in total. The maximum atomic E-state index is 12.1. The van der Waals surface area contributed by atoms with Gasteiger partial charge in [0.05, 0.1) is 12.4 Å². The smallest absolute Gasteiger partial charge is 0.346 e. The zero-order valence-electron chi connectivity index (χ0n) is 13.1. The molecule has 1 aromatic rings. The molecule has 0 spiro atoms. The molecule has 1 atom stereocenters. The van der Waals surface area contributed by atoms with Crippen LogP contribution in [0.3, 0.4) is 0 Å². The van der Waals surface area contributed by atoms with E-state index in [1.807, 2.05) is 13.8 Å². The number of thioether (sulfide) groups is 1. The SMILES string of the molecule is CCOC(=O)CSc1nc(C(C)CC)nn1C(=O)N(C)C. The second-order valence-electron chi connectivity index (χ2n) is 4.74. The Hall–Kier alpha value is -1.57. The summed E-state index contributed by atoms with van der Waals surface area (Å²) in [5, 5.41) is 4.68. The van der Waals surface area contributed by atoms with Crippen molar-refractivity contribution in [3.8, 4) is 0 Å². The molecule has 8 heteroatoms. The van der Waals surface area contributed by atoms with Crippen LogP contribution in [0.15, 0.2) is 5.16 Å². The van der Waals surface area contributed by atoms with Crippen molar-refractivity contribution >= 4 is 23.8 Å². The first-order chi connectivity index (χ1) is 9.90. The van der Waals surface area contributed by atoms with E-state index >= 15 is 0 Å². The van der Waals surface area contributed by atoms with Gasteiger partial charge in [-0.15, -0.1) is 5.10 Å². The minimum absolute atomic E-state index is 0.104. The number of carbonyl (C=O) groups excluding carboxylic acids is 2. The van der Waals surface area contributed by atoms with E-state index in [1.54, 1.807) is 21.0 Å². The predicted octanol–water partition coefficient (Wildman–Crippen LogP) is 1.98. The first kappa shape index (κ1) is 17.5. The molecule has 0 saturated carbocycles. The number of ether oxygens (including phenoxy) is 1. The van der Waals surface area contributed by atoms with Crippen LogP contribution >= 0.6 is 11.8 Å². The van der Waals surface area contributed by atoms with E-state index in [0.29, 0.717) is 17.6 Å². The lowest BCUT2D eigenvalue weighted by Gasteiger charge is -2.10. The van der Waals surface area contributed by atoms with Crippen LogP contribution in [-0.2, 0) is 9.53 Å². The molecule has 1 amide bonds. The van der Waals surface area contributed by atoms with Crippen LogP contribution in [-0.4, -0.2) is 58.1 Å². The fraction of sp³-hybridized carbons (Fsp3) is 0.692. The second-order valence-corrected chi connectivity index (χ2v) is 5.69. The summed E-state index contributed by atoms with van der Waals surface area (Å²) in [5.41, 5.74) is 0. The van der Waals surface area contributed by atoms with Gasteiger partial charge in [-0.3, -0.25) is 4.79 Å². The van der Waals surface area contributed by atoms with E-state index in [1.165, 1.54) is 9.58 Å². The van der Waals surface area contributed by atoms with E-state index in [-0.39, 0.29) is 23.7 Å². The van der Waals surface area contributed by atoms with Crippen LogP contribution in [0, 0.1) is 0 Å². The van der Waals surface area contributed by atoms with Crippen molar-refractivity contribution in [2.24, 2.45) is 0 Å². The molecule has 0 aromatic carbocycles. The third-order valence-corrected chi connectivity index (χ3v) is 3.74. The molecule has 1 aromatic heterocycles. The van der Waals surface area contributed by atoms with Gasteiger partial charge in [-0.1, -0.05) is 25.6 Å². The molecule has 0 bridgehead atoms. The molecule has 0 aliphatic carbocycles. The van der Waals surface area contributed by atoms with Gasteiger partial charge in [-0.05, 0) is 13.3 Å². The maximum absolute atomic E-state index is 12.1. The Morgan fingerprint density at radius 1 is 1.38 bits per heavy atom. The first-order valence-electron chi connectivity index (χ1n) is 6.87. The lowest BCUT2D eigenvalue weighted by Crippen LogP contribution is -2.29. The molecule has 0 aliphatic heterocycles. The van der Waals surface area contributed by atoms with E-state index < -0.39 is 0 Å². The fourth-order valence-corrected chi connectivity index (χ4v) is 2.17. The van der Waals surface area contributed by atoms with Gasteiger partial charge < -0.3 is 9.64 Å². The number of hydrogen-bond donors (Lipinski definition) is 0. The second kappa shape index (κ2) is 8.02. The molecule has 1 heterocycles. The summed E-state index contributed by atoms with van der Waals surface area (Å²) in [6.45, 7) is 6.12. The van der Waals surface area contributed by atoms with E-state index in [0.717, 1.165) is 18.2 Å². The van der Waals surface area contributed by atoms with E-state index in [4.69, 9.17) is 4.74 Å². The Labute approximate surface area is 129 Å². The minimum atomic E-state index is -0.334. The zero-order valence-corrected chi connectivity index (χ0v) is 13.9. The number of aromatic nitrogens is 3. The third kappa shape index (κ3) is 4.73. The largest absolute Gasteiger partial charge is 0.465 e. The van der Waals surface area contributed by atoms with Crippen LogP contribution in [0.25, 0.3) is 0 Å². The summed E-state index contributed by atoms with van der Waals surface area (Å²) in [6.07, 6.45) is 0.877. The van der Waals surface area contributed by atoms with Crippen molar-refractivity contribution in [3.05, 3.63) is 5.82 Å². The summed E-state index contributed by atoms with van der Waals surface area (Å²) in [5.74, 6) is 0.536. The van der Waals surface area contributed by atoms with Crippen molar-refractivity contribution in [2.45, 2.75) is 38.3 Å². The summed E-state index contributed by atoms with van der Waals surface area (Å²) < 4.78 is 6.12. The van der Waals surface area contributed by atoms with Crippen LogP contribution in [0.5, 0.6) is 0 Å². The topological polar surface area (TPSA) is 77.3 Å². The summed E-state index contributed by atoms with van der Waals surface area (Å²) in [6, 6.07) is -0.289. The van der Waals surface area contributed by atoms with Gasteiger partial charge in [0.1, 0.15) is 0 Å². The highest BCUT2D eigenvalue weighted by Gasteiger charge is 2.21. The van der Waals surface area contributed by atoms with Gasteiger partial charge in [0.2, 0.25) is 0 Å². The minimum Gasteiger partial charge on any atom is -0.465 e. The van der Waals surface area contributed by atoms with Crippen LogP contribution in [0.1, 0.15) is 38.9 Å². The first-order valence-corrected chi connectivity index (χ1v) is 7.86. The molecule has 118 valence electrons. The number of carbonyl (C=O) groups is 2. The van der Waals surface area contributed by atoms with Gasteiger partial charge in [0.15, 0.2) is 11.0 Å². The van der Waals surface area contributed by atoms with Crippen LogP contribution in [0.2, 0.25) is 0 Å². The zero-order chi connectivity index (χ0) is 16.0. The quantitative estimate of drug-likeness (QED) is 0.590. The molecule has 21 heavy (non-hydrogen) atoms. The molecule has 0 N–H and O–H groups in total. The summed E-state index contributed by atoms with van der Waals surface area (Å²) in [7, 11) is 3.29. The molecule has 0 radical (unpaired) electrons. The Kier molecular flexibility index (Phi) is 6.67. The van der Waals surface area contributed by atoms with Gasteiger partial charge in [-0.25, -0.2) is 9.78 Å². The van der Waals surface area contributed by atoms with E-state index in [2.05, 4.69) is 10.1 Å². The predicted molar refractivity (Wildman–Crippen MR) is 80.6 cm³/mol. The Morgan fingerprint density at radius 2 is 2.05 bits per heavy atom. The normalized spacial score (nSPS) is 12.0. The average molecular weight is 314 g/mol. The fourth-order valence-electron chi connectivity index (χ4n) is 1.44. The molecule has 1 rings (SSSR count). The van der Waals surface area contributed by atoms with Crippen LogP contribution in [0.4, 0.5) is 4.79 Å². The van der Waals surface area contributed by atoms with Gasteiger partial charge >= 0.3 is 12.0 Å². The molecular formula is C13H22N4O3S. The van der Waals surface area contributed by atoms with Gasteiger partial charge in [-0.2, -0.15) is 4.68 Å². The van der Waals surface area contributed by atoms with E-state index in [9.17, 15) is 9.59 Å². The molecular weight excluding hydrogens is 292 g/mol. The lowest BCUT2D eigenvalue weighted by atomic mass is 10.1. The molecule has 0 fully saturated rings. The maximum Gasteiger partial charge on any atom is 0.346 e. The number of esters is 1. The summed E-state index contributed by atoms with van der Waals surface area (Å²) in [4.78, 5) is 29.3. The monoisotopic (exact) mass is 314 g/mol. The molecule has 1 unspecified atom stereocenters. The number of nitrogens with zero attached hydrogens (tertiary/aromatic N) is 4. The Bertz CT molecular complexity index is 502. The Balaban J connectivity index is 2.96. The highest BCUT2D eigenvalue weighted by molar-refractivity contribution is 7.99. The van der Waals surface area contributed by atoms with Crippen molar-refractivity contribution in [1.29, 1.82) is 0 Å². The number of amides is 1. The molecule has 0 aliphatic rings. The van der Waals surface area contributed by atoms with Crippen molar-refractivity contribution in [1.82, 2.24) is 19.7 Å². The van der Waals surface area contributed by atoms with Gasteiger partial charge in [0.25, 0.3) is 0 Å². The number of rotatable bonds is 6. The van der Waals surface area contributed by atoms with Crippen molar-refractivity contribution < 1.29 is 14.3 Å². The Morgan fingerprint density at radius 3 is 2.57 bits per heavy atom.